The van der Waals surface area contributed by atoms with E-state index in [0.717, 1.165) is 10.6 Å². The average molecular weight is 249 g/mol. The summed E-state index contributed by atoms with van der Waals surface area (Å²) in [5.41, 5.74) is 11.1. The fraction of sp³-hybridized carbons (Fsp3) is 0.0909. The van der Waals surface area contributed by atoms with Crippen molar-refractivity contribution in [2.24, 2.45) is 11.5 Å². The summed E-state index contributed by atoms with van der Waals surface area (Å²) in [6, 6.07) is 7.57. The molecule has 0 saturated carbocycles. The summed E-state index contributed by atoms with van der Waals surface area (Å²) in [6.07, 6.45) is 0. The lowest BCUT2D eigenvalue weighted by Crippen LogP contribution is -2.30. The van der Waals surface area contributed by atoms with Crippen molar-refractivity contribution in [1.82, 2.24) is 0 Å². The predicted octanol–water partition coefficient (Wildman–Crippen LogP) is 0.411. The summed E-state index contributed by atoms with van der Waals surface area (Å²) in [5.74, 6) is -1.61. The van der Waals surface area contributed by atoms with Gasteiger partial charge >= 0.3 is 0 Å². The second-order valence-corrected chi connectivity index (χ2v) is 4.57. The van der Waals surface area contributed by atoms with Crippen LogP contribution in [0, 0.1) is 0 Å². The molecule has 2 amide bonds. The highest BCUT2D eigenvalue weighted by molar-refractivity contribution is 8.03. The predicted molar refractivity (Wildman–Crippen MR) is 66.1 cm³/mol. The van der Waals surface area contributed by atoms with Crippen LogP contribution in [0.3, 0.4) is 0 Å². The van der Waals surface area contributed by atoms with E-state index in [-0.39, 0.29) is 5.57 Å². The molecule has 1 aliphatic heterocycles. The third-order valence-electron chi connectivity index (χ3n) is 2.44. The zero-order valence-corrected chi connectivity index (χ0v) is 9.95. The van der Waals surface area contributed by atoms with Crippen molar-refractivity contribution >= 4 is 29.3 Å². The molecule has 0 unspecified atom stereocenters. The number of benzene rings is 1. The molecule has 1 heterocycles. The van der Waals surface area contributed by atoms with Gasteiger partial charge in [0.25, 0.3) is 11.8 Å². The number of nitrogens with two attached hydrogens (primary N) is 2. The molecule has 4 N–H and O–H groups in total. The van der Waals surface area contributed by atoms with Crippen LogP contribution in [0.2, 0.25) is 0 Å². The molecule has 88 valence electrons. The number of rotatable bonds is 2. The summed E-state index contributed by atoms with van der Waals surface area (Å²) in [4.78, 5) is 25.2. The van der Waals surface area contributed by atoms with Gasteiger partial charge in [0.15, 0.2) is 0 Å². The number of fused-ring (bicyclic) bond motifs is 1. The number of hydrogen-bond acceptors (Lipinski definition) is 4. The third kappa shape index (κ3) is 1.87. The van der Waals surface area contributed by atoms with Crippen molar-refractivity contribution in [3.05, 3.63) is 34.9 Å². The Labute approximate surface area is 102 Å². The summed E-state index contributed by atoms with van der Waals surface area (Å²) < 4.78 is 0. The summed E-state index contributed by atoms with van der Waals surface area (Å²) in [7, 11) is 1.76. The highest BCUT2D eigenvalue weighted by Crippen LogP contribution is 2.45. The van der Waals surface area contributed by atoms with Crippen LogP contribution in [0.1, 0.15) is 0 Å². The number of nitrogens with zero attached hydrogens (tertiary/aromatic N) is 1. The first-order chi connectivity index (χ1) is 8.02. The van der Waals surface area contributed by atoms with Crippen LogP contribution in [0.25, 0.3) is 0 Å². The van der Waals surface area contributed by atoms with E-state index >= 15 is 0 Å². The number of para-hydroxylation sites is 1. The van der Waals surface area contributed by atoms with E-state index in [0.29, 0.717) is 5.03 Å². The van der Waals surface area contributed by atoms with Gasteiger partial charge in [-0.2, -0.15) is 0 Å². The molecular formula is C11H11N3O2S. The van der Waals surface area contributed by atoms with Crippen LogP contribution < -0.4 is 16.4 Å². The molecule has 1 aromatic carbocycles. The van der Waals surface area contributed by atoms with E-state index in [9.17, 15) is 9.59 Å². The van der Waals surface area contributed by atoms with Crippen LogP contribution in [0.5, 0.6) is 0 Å². The average Bonchev–Trinajstić information content (AvgIpc) is 2.56. The van der Waals surface area contributed by atoms with Crippen LogP contribution >= 0.6 is 11.8 Å². The zero-order chi connectivity index (χ0) is 12.6. The van der Waals surface area contributed by atoms with Gasteiger partial charge in [-0.25, -0.2) is 0 Å². The van der Waals surface area contributed by atoms with Crippen molar-refractivity contribution in [2.75, 3.05) is 11.9 Å². The van der Waals surface area contributed by atoms with Crippen LogP contribution in [0.15, 0.2) is 39.8 Å². The lowest BCUT2D eigenvalue weighted by atomic mass is 10.2. The Balaban J connectivity index is 2.55. The molecule has 0 fully saturated rings. The summed E-state index contributed by atoms with van der Waals surface area (Å²) >= 11 is 1.31. The van der Waals surface area contributed by atoms with E-state index < -0.39 is 11.8 Å². The highest BCUT2D eigenvalue weighted by Gasteiger charge is 2.29. The number of primary amides is 2. The third-order valence-corrected chi connectivity index (χ3v) is 3.68. The maximum Gasteiger partial charge on any atom is 0.257 e. The molecule has 0 aromatic heterocycles. The minimum absolute atomic E-state index is 0.159. The molecule has 0 atom stereocenters. The minimum Gasteiger partial charge on any atom is -0.365 e. The Bertz CT molecular complexity index is 523. The molecular weight excluding hydrogens is 238 g/mol. The maximum atomic E-state index is 11.2. The number of amides is 2. The molecule has 0 radical (unpaired) electrons. The molecule has 5 nitrogen and oxygen atoms in total. The van der Waals surface area contributed by atoms with Crippen molar-refractivity contribution in [2.45, 2.75) is 4.90 Å². The normalized spacial score (nSPS) is 13.5. The number of carbonyl (C=O) groups is 2. The zero-order valence-electron chi connectivity index (χ0n) is 9.14. The van der Waals surface area contributed by atoms with Crippen LogP contribution in [-0.4, -0.2) is 18.9 Å². The molecule has 0 spiro atoms. The van der Waals surface area contributed by atoms with Crippen molar-refractivity contribution in [3.8, 4) is 0 Å². The van der Waals surface area contributed by atoms with Gasteiger partial charge in [-0.3, -0.25) is 9.59 Å². The Morgan fingerprint density at radius 3 is 2.29 bits per heavy atom. The van der Waals surface area contributed by atoms with Crippen LogP contribution in [0.4, 0.5) is 5.69 Å². The lowest BCUT2D eigenvalue weighted by Gasteiger charge is -2.15. The number of carbonyl (C=O) groups excluding carboxylic acids is 2. The highest BCUT2D eigenvalue weighted by atomic mass is 32.2. The summed E-state index contributed by atoms with van der Waals surface area (Å²) in [5, 5.41) is 0.478. The number of anilines is 1. The fourth-order valence-corrected chi connectivity index (χ4v) is 2.86. The van der Waals surface area contributed by atoms with Gasteiger partial charge in [0.1, 0.15) is 5.57 Å². The van der Waals surface area contributed by atoms with Gasteiger partial charge in [0.05, 0.1) is 10.7 Å². The van der Waals surface area contributed by atoms with E-state index in [1.165, 1.54) is 11.8 Å². The van der Waals surface area contributed by atoms with Gasteiger partial charge in [-0.15, -0.1) is 0 Å². The molecule has 17 heavy (non-hydrogen) atoms. The molecule has 2 rings (SSSR count). The SMILES string of the molecule is CN1C(=C(C(N)=O)C(N)=O)Sc2ccccc21. The van der Waals surface area contributed by atoms with E-state index in [2.05, 4.69) is 0 Å². The Morgan fingerprint density at radius 2 is 1.76 bits per heavy atom. The molecule has 1 aromatic rings. The second kappa shape index (κ2) is 4.14. The molecule has 0 saturated heterocycles. The van der Waals surface area contributed by atoms with Crippen LogP contribution in [-0.2, 0) is 9.59 Å². The lowest BCUT2D eigenvalue weighted by molar-refractivity contribution is -0.120. The molecule has 1 aliphatic rings. The molecule has 0 bridgehead atoms. The second-order valence-electron chi connectivity index (χ2n) is 3.54. The molecule has 0 aliphatic carbocycles. The number of hydrogen-bond donors (Lipinski definition) is 2. The van der Waals surface area contributed by atoms with Gasteiger partial charge in [-0.1, -0.05) is 23.9 Å². The Kier molecular flexibility index (Phi) is 2.81. The van der Waals surface area contributed by atoms with Crippen molar-refractivity contribution in [1.29, 1.82) is 0 Å². The smallest absolute Gasteiger partial charge is 0.257 e. The first-order valence-corrected chi connectivity index (χ1v) is 5.68. The van der Waals surface area contributed by atoms with E-state index in [4.69, 9.17) is 11.5 Å². The largest absolute Gasteiger partial charge is 0.365 e. The van der Waals surface area contributed by atoms with E-state index in [1.54, 1.807) is 11.9 Å². The number of thioether (sulfide) groups is 1. The fourth-order valence-electron chi connectivity index (χ4n) is 1.65. The first kappa shape index (κ1) is 11.5. The standard InChI is InChI=1S/C11H11N3O2S/c1-14-6-4-2-3-5-7(6)17-11(14)8(9(12)15)10(13)16/h2-5H,1H3,(H2,12,15)(H2,13,16). The Hall–Kier alpha value is -1.95. The first-order valence-electron chi connectivity index (χ1n) is 4.87. The van der Waals surface area contributed by atoms with Gasteiger partial charge in [0.2, 0.25) is 0 Å². The Morgan fingerprint density at radius 1 is 1.18 bits per heavy atom. The van der Waals surface area contributed by atoms with Crippen molar-refractivity contribution < 1.29 is 9.59 Å². The van der Waals surface area contributed by atoms with Gasteiger partial charge < -0.3 is 16.4 Å². The molecule has 6 heteroatoms. The van der Waals surface area contributed by atoms with E-state index in [1.807, 2.05) is 24.3 Å². The quantitative estimate of drug-likeness (QED) is 0.451. The topological polar surface area (TPSA) is 89.4 Å². The van der Waals surface area contributed by atoms with Gasteiger partial charge in [-0.05, 0) is 12.1 Å². The maximum absolute atomic E-state index is 11.2. The van der Waals surface area contributed by atoms with Gasteiger partial charge in [0, 0.05) is 11.9 Å². The monoisotopic (exact) mass is 249 g/mol. The minimum atomic E-state index is -0.806. The van der Waals surface area contributed by atoms with Crippen molar-refractivity contribution in [3.63, 3.8) is 0 Å². The summed E-state index contributed by atoms with van der Waals surface area (Å²) in [6.45, 7) is 0.